The van der Waals surface area contributed by atoms with Gasteiger partial charge in [0.1, 0.15) is 0 Å². The average molecular weight is 327 g/mol. The Morgan fingerprint density at radius 3 is 2.86 bits per heavy atom. The lowest BCUT2D eigenvalue weighted by Gasteiger charge is -2.07. The number of nitrogens with one attached hydrogen (secondary N) is 1. The molecular weight excluding hydrogens is 308 g/mol. The summed E-state index contributed by atoms with van der Waals surface area (Å²) in [6, 6.07) is 6.73. The Kier molecular flexibility index (Phi) is 6.18. The van der Waals surface area contributed by atoms with Crippen molar-refractivity contribution in [3.63, 3.8) is 0 Å². The Morgan fingerprint density at radius 1 is 1.36 bits per heavy atom. The lowest BCUT2D eigenvalue weighted by Crippen LogP contribution is -2.26. The number of halogens is 2. The van der Waals surface area contributed by atoms with Crippen LogP contribution in [0.3, 0.4) is 0 Å². The van der Waals surface area contributed by atoms with Crippen molar-refractivity contribution >= 4 is 28.7 Å². The number of benzene rings is 1. The van der Waals surface area contributed by atoms with Gasteiger partial charge in [-0.2, -0.15) is 8.78 Å². The van der Waals surface area contributed by atoms with Crippen LogP contribution in [0.1, 0.15) is 32.7 Å². The van der Waals surface area contributed by atoms with E-state index in [1.54, 1.807) is 24.3 Å². The molecule has 0 atom stereocenters. The van der Waals surface area contributed by atoms with Gasteiger partial charge in [-0.1, -0.05) is 43.7 Å². The quantitative estimate of drug-likeness (QED) is 0.592. The van der Waals surface area contributed by atoms with Crippen LogP contribution >= 0.6 is 11.8 Å². The predicted octanol–water partition coefficient (Wildman–Crippen LogP) is 3.83. The standard InChI is InChI=1S/C15H19F2N3OS/c1-2-3-6-9-18-13(21)10-22-15-19-11-7-4-5-8-12(11)20(15)14(16)17/h4-5,7-8,14H,2-3,6,9-10H2,1H3,(H,18,21). The van der Waals surface area contributed by atoms with Crippen LogP contribution in [0.2, 0.25) is 0 Å². The smallest absolute Gasteiger partial charge is 0.321 e. The number of hydrogen-bond acceptors (Lipinski definition) is 3. The Labute approximate surface area is 132 Å². The first-order chi connectivity index (χ1) is 10.6. The third-order valence-corrected chi connectivity index (χ3v) is 4.15. The average Bonchev–Trinajstić information content (AvgIpc) is 2.88. The molecule has 0 fully saturated rings. The summed E-state index contributed by atoms with van der Waals surface area (Å²) >= 11 is 1.03. The fourth-order valence-corrected chi connectivity index (χ4v) is 2.94. The molecule has 4 nitrogen and oxygen atoms in total. The highest BCUT2D eigenvalue weighted by molar-refractivity contribution is 7.99. The maximum absolute atomic E-state index is 13.2. The molecule has 0 aliphatic rings. The molecule has 0 saturated carbocycles. The summed E-state index contributed by atoms with van der Waals surface area (Å²) in [4.78, 5) is 15.9. The number of hydrogen-bond donors (Lipinski definition) is 1. The van der Waals surface area contributed by atoms with Crippen LogP contribution in [0.5, 0.6) is 0 Å². The number of aromatic nitrogens is 2. The van der Waals surface area contributed by atoms with Crippen LogP contribution in [-0.2, 0) is 4.79 Å². The molecule has 2 rings (SSSR count). The first kappa shape index (κ1) is 16.7. The van der Waals surface area contributed by atoms with Crippen molar-refractivity contribution in [2.24, 2.45) is 0 Å². The molecule has 1 aromatic carbocycles. The van der Waals surface area contributed by atoms with Crippen molar-refractivity contribution in [1.82, 2.24) is 14.9 Å². The van der Waals surface area contributed by atoms with Crippen LogP contribution in [0.15, 0.2) is 29.4 Å². The number of unbranched alkanes of at least 4 members (excludes halogenated alkanes) is 2. The molecule has 2 aromatic rings. The van der Waals surface area contributed by atoms with Crippen LogP contribution in [-0.4, -0.2) is 27.8 Å². The second-order valence-electron chi connectivity index (χ2n) is 4.88. The number of fused-ring (bicyclic) bond motifs is 1. The zero-order valence-corrected chi connectivity index (χ0v) is 13.2. The normalized spacial score (nSPS) is 11.3. The largest absolute Gasteiger partial charge is 0.355 e. The first-order valence-electron chi connectivity index (χ1n) is 7.28. The van der Waals surface area contributed by atoms with E-state index in [1.165, 1.54) is 0 Å². The van der Waals surface area contributed by atoms with Gasteiger partial charge in [-0.15, -0.1) is 0 Å². The monoisotopic (exact) mass is 327 g/mol. The lowest BCUT2D eigenvalue weighted by atomic mass is 10.2. The van der Waals surface area contributed by atoms with Crippen LogP contribution < -0.4 is 5.32 Å². The highest BCUT2D eigenvalue weighted by Gasteiger charge is 2.18. The van der Waals surface area contributed by atoms with Gasteiger partial charge >= 0.3 is 6.55 Å². The summed E-state index contributed by atoms with van der Waals surface area (Å²) < 4.78 is 27.3. The minimum atomic E-state index is -2.68. The zero-order valence-electron chi connectivity index (χ0n) is 12.4. The number of rotatable bonds is 8. The highest BCUT2D eigenvalue weighted by atomic mass is 32.2. The molecule has 22 heavy (non-hydrogen) atoms. The van der Waals surface area contributed by atoms with Crippen molar-refractivity contribution in [2.75, 3.05) is 12.3 Å². The second-order valence-corrected chi connectivity index (χ2v) is 5.82. The molecule has 0 saturated heterocycles. The van der Waals surface area contributed by atoms with Gasteiger partial charge in [0.2, 0.25) is 5.91 Å². The maximum atomic E-state index is 13.2. The number of carbonyl (C=O) groups is 1. The van der Waals surface area contributed by atoms with Gasteiger partial charge in [-0.3, -0.25) is 9.36 Å². The van der Waals surface area contributed by atoms with Crippen LogP contribution in [0.25, 0.3) is 11.0 Å². The minimum Gasteiger partial charge on any atom is -0.355 e. The summed E-state index contributed by atoms with van der Waals surface area (Å²) in [5.74, 6) is -0.0729. The Balaban J connectivity index is 1.99. The van der Waals surface area contributed by atoms with Gasteiger partial charge in [-0.05, 0) is 18.6 Å². The van der Waals surface area contributed by atoms with E-state index in [1.807, 2.05) is 0 Å². The molecule has 1 N–H and O–H groups in total. The summed E-state index contributed by atoms with van der Waals surface area (Å²) in [6.45, 7) is 0.0351. The van der Waals surface area contributed by atoms with E-state index < -0.39 is 6.55 Å². The van der Waals surface area contributed by atoms with Crippen molar-refractivity contribution in [3.05, 3.63) is 24.3 Å². The number of para-hydroxylation sites is 2. The lowest BCUT2D eigenvalue weighted by molar-refractivity contribution is -0.118. The van der Waals surface area contributed by atoms with Gasteiger partial charge < -0.3 is 5.32 Å². The molecule has 120 valence electrons. The molecular formula is C15H19F2N3OS. The third-order valence-electron chi connectivity index (χ3n) is 3.19. The SMILES string of the molecule is CCCCCNC(=O)CSc1nc2ccccc2n1C(F)F. The van der Waals surface area contributed by atoms with Crippen molar-refractivity contribution in [1.29, 1.82) is 0 Å². The highest BCUT2D eigenvalue weighted by Crippen LogP contribution is 2.28. The summed E-state index contributed by atoms with van der Waals surface area (Å²) in [6.07, 6.45) is 3.08. The van der Waals surface area contributed by atoms with E-state index in [2.05, 4.69) is 17.2 Å². The number of nitrogens with zero attached hydrogens (tertiary/aromatic N) is 2. The molecule has 1 aromatic heterocycles. The van der Waals surface area contributed by atoms with Crippen molar-refractivity contribution in [3.8, 4) is 0 Å². The second kappa shape index (κ2) is 8.12. The van der Waals surface area contributed by atoms with E-state index in [4.69, 9.17) is 0 Å². The van der Waals surface area contributed by atoms with Gasteiger partial charge in [0, 0.05) is 6.54 Å². The Bertz CT molecular complexity index is 630. The van der Waals surface area contributed by atoms with E-state index >= 15 is 0 Å². The molecule has 0 aliphatic heterocycles. The number of alkyl halides is 2. The summed E-state index contributed by atoms with van der Waals surface area (Å²) in [5.41, 5.74) is 0.886. The van der Waals surface area contributed by atoms with E-state index in [-0.39, 0.29) is 16.8 Å². The van der Waals surface area contributed by atoms with Gasteiger partial charge in [0.15, 0.2) is 5.16 Å². The number of carbonyl (C=O) groups excluding carboxylic acids is 1. The third kappa shape index (κ3) is 4.19. The molecule has 0 unspecified atom stereocenters. The van der Waals surface area contributed by atoms with Gasteiger partial charge in [0.25, 0.3) is 0 Å². The molecule has 0 aliphatic carbocycles. The minimum absolute atomic E-state index is 0.0855. The van der Waals surface area contributed by atoms with E-state index in [9.17, 15) is 13.6 Å². The van der Waals surface area contributed by atoms with Gasteiger partial charge in [-0.25, -0.2) is 4.98 Å². The van der Waals surface area contributed by atoms with Crippen LogP contribution in [0, 0.1) is 0 Å². The molecule has 7 heteroatoms. The summed E-state index contributed by atoms with van der Waals surface area (Å²) in [7, 11) is 0. The molecule has 0 spiro atoms. The molecule has 1 amide bonds. The number of amides is 1. The topological polar surface area (TPSA) is 46.9 Å². The Hall–Kier alpha value is -1.63. The first-order valence-corrected chi connectivity index (χ1v) is 8.26. The molecule has 1 heterocycles. The summed E-state index contributed by atoms with van der Waals surface area (Å²) in [5, 5.41) is 2.95. The number of thioether (sulfide) groups is 1. The van der Waals surface area contributed by atoms with E-state index in [0.717, 1.165) is 35.6 Å². The van der Waals surface area contributed by atoms with Crippen LogP contribution in [0.4, 0.5) is 8.78 Å². The Morgan fingerprint density at radius 2 is 2.14 bits per heavy atom. The maximum Gasteiger partial charge on any atom is 0.321 e. The molecule has 0 bridgehead atoms. The number of imidazole rings is 1. The fourth-order valence-electron chi connectivity index (χ4n) is 2.10. The van der Waals surface area contributed by atoms with Crippen molar-refractivity contribution < 1.29 is 13.6 Å². The predicted molar refractivity (Wildman–Crippen MR) is 84.2 cm³/mol. The van der Waals surface area contributed by atoms with Crippen molar-refractivity contribution in [2.45, 2.75) is 37.9 Å². The van der Waals surface area contributed by atoms with E-state index in [0.29, 0.717) is 17.6 Å². The van der Waals surface area contributed by atoms with Gasteiger partial charge in [0.05, 0.1) is 16.8 Å². The fraction of sp³-hybridized carbons (Fsp3) is 0.467. The zero-order chi connectivity index (χ0) is 15.9. The molecule has 0 radical (unpaired) electrons.